The van der Waals surface area contributed by atoms with E-state index in [2.05, 4.69) is 26.0 Å². The molecule has 3 heterocycles. The van der Waals surface area contributed by atoms with Gasteiger partial charge >= 0.3 is 0 Å². The highest BCUT2D eigenvalue weighted by Gasteiger charge is 2.36. The molecule has 1 amide bonds. The number of amides is 1. The second-order valence-electron chi connectivity index (χ2n) is 8.11. The molecule has 2 N–H and O–H groups in total. The lowest BCUT2D eigenvalue weighted by molar-refractivity contribution is -0.133. The van der Waals surface area contributed by atoms with E-state index in [1.807, 2.05) is 11.8 Å². The second-order valence-corrected chi connectivity index (χ2v) is 8.11. The topological polar surface area (TPSA) is 143 Å². The summed E-state index contributed by atoms with van der Waals surface area (Å²) < 4.78 is 11.7. The standard InChI is InChI=1S/C21H26N8O3/c1-12-11-31-5-4-29(12)21-26-18(14-9-24-20(23)25-10-14)17(8-22)19(27-21)32-16-6-15(7-16)28(3)13(2)30/h9-10,12,15-16H,4-7,11H2,1-3H3,(H2,23,24,25)/t12-,15?,16?/m0/s1. The number of hydrogen-bond donors (Lipinski definition) is 1. The van der Waals surface area contributed by atoms with Crippen molar-refractivity contribution in [2.75, 3.05) is 37.4 Å². The highest BCUT2D eigenvalue weighted by Crippen LogP contribution is 2.34. The average Bonchev–Trinajstić information content (AvgIpc) is 2.75. The molecule has 11 heteroatoms. The van der Waals surface area contributed by atoms with Crippen molar-refractivity contribution < 1.29 is 14.3 Å². The van der Waals surface area contributed by atoms with Crippen molar-refractivity contribution in [3.8, 4) is 23.2 Å². The molecule has 0 unspecified atom stereocenters. The summed E-state index contributed by atoms with van der Waals surface area (Å²) in [5, 5.41) is 9.92. The average molecular weight is 438 g/mol. The zero-order valence-corrected chi connectivity index (χ0v) is 18.4. The minimum absolute atomic E-state index is 0.0161. The van der Waals surface area contributed by atoms with Crippen LogP contribution in [0.15, 0.2) is 12.4 Å². The van der Waals surface area contributed by atoms with Gasteiger partial charge in [-0.15, -0.1) is 0 Å². The largest absolute Gasteiger partial charge is 0.473 e. The van der Waals surface area contributed by atoms with Crippen LogP contribution in [0.4, 0.5) is 11.9 Å². The number of hydrogen-bond acceptors (Lipinski definition) is 10. The summed E-state index contributed by atoms with van der Waals surface area (Å²) in [6.45, 7) is 5.32. The van der Waals surface area contributed by atoms with Gasteiger partial charge in [0.15, 0.2) is 0 Å². The molecule has 2 fully saturated rings. The number of rotatable bonds is 5. The fourth-order valence-electron chi connectivity index (χ4n) is 3.80. The number of carbonyl (C=O) groups excluding carboxylic acids is 1. The molecule has 0 aromatic carbocycles. The second kappa shape index (κ2) is 8.92. The predicted molar refractivity (Wildman–Crippen MR) is 116 cm³/mol. The Kier molecular flexibility index (Phi) is 6.05. The van der Waals surface area contributed by atoms with Gasteiger partial charge in [-0.3, -0.25) is 4.79 Å². The van der Waals surface area contributed by atoms with Crippen LogP contribution >= 0.6 is 0 Å². The van der Waals surface area contributed by atoms with Gasteiger partial charge in [0.05, 0.1) is 19.3 Å². The van der Waals surface area contributed by atoms with Crippen molar-refractivity contribution in [1.82, 2.24) is 24.8 Å². The number of carbonyl (C=O) groups is 1. The van der Waals surface area contributed by atoms with E-state index in [0.29, 0.717) is 49.8 Å². The summed E-state index contributed by atoms with van der Waals surface area (Å²) >= 11 is 0. The number of nitrogens with two attached hydrogens (primary N) is 1. The highest BCUT2D eigenvalue weighted by molar-refractivity contribution is 5.73. The van der Waals surface area contributed by atoms with Gasteiger partial charge in [0.1, 0.15) is 23.4 Å². The minimum atomic E-state index is -0.144. The normalized spacial score (nSPS) is 22.6. The number of ether oxygens (including phenoxy) is 2. The maximum Gasteiger partial charge on any atom is 0.237 e. The summed E-state index contributed by atoms with van der Waals surface area (Å²) in [6.07, 6.45) is 4.27. The van der Waals surface area contributed by atoms with E-state index < -0.39 is 0 Å². The fraction of sp³-hybridized carbons (Fsp3) is 0.524. The molecule has 0 radical (unpaired) electrons. The van der Waals surface area contributed by atoms with Crippen LogP contribution in [0.5, 0.6) is 5.88 Å². The van der Waals surface area contributed by atoms with Crippen LogP contribution < -0.4 is 15.4 Å². The van der Waals surface area contributed by atoms with Gasteiger partial charge in [0, 0.05) is 57.4 Å². The first-order chi connectivity index (χ1) is 15.4. The Morgan fingerprint density at radius 2 is 2.06 bits per heavy atom. The molecule has 0 bridgehead atoms. The van der Waals surface area contributed by atoms with Gasteiger partial charge in [0.2, 0.25) is 23.7 Å². The maximum atomic E-state index is 11.6. The Hall–Kier alpha value is -3.52. The Balaban J connectivity index is 1.69. The third-order valence-electron chi connectivity index (χ3n) is 5.94. The highest BCUT2D eigenvalue weighted by atomic mass is 16.5. The van der Waals surface area contributed by atoms with E-state index in [9.17, 15) is 10.1 Å². The van der Waals surface area contributed by atoms with E-state index in [-0.39, 0.29) is 41.5 Å². The smallest absolute Gasteiger partial charge is 0.237 e. The fourth-order valence-corrected chi connectivity index (χ4v) is 3.80. The summed E-state index contributed by atoms with van der Waals surface area (Å²) in [5.74, 6) is 0.827. The lowest BCUT2D eigenvalue weighted by Gasteiger charge is -2.40. The molecule has 4 rings (SSSR count). The quantitative estimate of drug-likeness (QED) is 0.718. The van der Waals surface area contributed by atoms with Gasteiger partial charge in [-0.2, -0.15) is 10.2 Å². The van der Waals surface area contributed by atoms with Crippen molar-refractivity contribution in [2.24, 2.45) is 0 Å². The van der Waals surface area contributed by atoms with Crippen LogP contribution in [0.3, 0.4) is 0 Å². The van der Waals surface area contributed by atoms with Crippen molar-refractivity contribution in [2.45, 2.75) is 44.9 Å². The molecular formula is C21H26N8O3. The van der Waals surface area contributed by atoms with Crippen LogP contribution in [0.1, 0.15) is 32.3 Å². The molecule has 32 heavy (non-hydrogen) atoms. The van der Waals surface area contributed by atoms with Gasteiger partial charge in [-0.25, -0.2) is 15.0 Å². The Bertz CT molecular complexity index is 1030. The molecule has 1 saturated heterocycles. The molecule has 1 aliphatic heterocycles. The molecule has 1 atom stereocenters. The van der Waals surface area contributed by atoms with Gasteiger partial charge in [-0.1, -0.05) is 0 Å². The van der Waals surface area contributed by atoms with E-state index >= 15 is 0 Å². The van der Waals surface area contributed by atoms with Gasteiger partial charge in [0.25, 0.3) is 0 Å². The first-order valence-corrected chi connectivity index (χ1v) is 10.5. The van der Waals surface area contributed by atoms with Crippen LogP contribution in [-0.4, -0.2) is 75.7 Å². The summed E-state index contributed by atoms with van der Waals surface area (Å²) in [4.78, 5) is 32.7. The first-order valence-electron chi connectivity index (χ1n) is 10.5. The van der Waals surface area contributed by atoms with E-state index in [4.69, 9.17) is 15.2 Å². The van der Waals surface area contributed by atoms with Crippen LogP contribution in [-0.2, 0) is 9.53 Å². The first kappa shape index (κ1) is 21.7. The molecule has 1 aliphatic carbocycles. The Labute approximate surface area is 186 Å². The molecule has 2 aromatic heterocycles. The monoisotopic (exact) mass is 438 g/mol. The van der Waals surface area contributed by atoms with Crippen molar-refractivity contribution >= 4 is 17.8 Å². The number of anilines is 2. The number of nitriles is 1. The van der Waals surface area contributed by atoms with Crippen molar-refractivity contribution in [3.63, 3.8) is 0 Å². The zero-order valence-electron chi connectivity index (χ0n) is 18.4. The minimum Gasteiger partial charge on any atom is -0.473 e. The third kappa shape index (κ3) is 4.27. The van der Waals surface area contributed by atoms with Crippen molar-refractivity contribution in [3.05, 3.63) is 18.0 Å². The van der Waals surface area contributed by atoms with E-state index in [0.717, 1.165) is 0 Å². The molecular weight excluding hydrogens is 412 g/mol. The lowest BCUT2D eigenvalue weighted by Crippen LogP contribution is -2.49. The predicted octanol–water partition coefficient (Wildman–Crippen LogP) is 1.00. The van der Waals surface area contributed by atoms with Crippen molar-refractivity contribution in [1.29, 1.82) is 5.26 Å². The molecule has 2 aliphatic rings. The van der Waals surface area contributed by atoms with Gasteiger partial charge in [-0.05, 0) is 6.92 Å². The number of morpholine rings is 1. The molecule has 0 spiro atoms. The molecule has 11 nitrogen and oxygen atoms in total. The Morgan fingerprint density at radius 1 is 1.34 bits per heavy atom. The number of nitrogens with zero attached hydrogens (tertiary/aromatic N) is 7. The SMILES string of the molecule is CC(=O)N(C)C1CC(Oc2nc(N3CCOC[C@@H]3C)nc(-c3cnc(N)nc3)c2C#N)C1. The Morgan fingerprint density at radius 3 is 2.69 bits per heavy atom. The van der Waals surface area contributed by atoms with E-state index in [1.165, 1.54) is 12.4 Å². The third-order valence-corrected chi connectivity index (χ3v) is 5.94. The van der Waals surface area contributed by atoms with Crippen LogP contribution in [0.2, 0.25) is 0 Å². The molecule has 1 saturated carbocycles. The van der Waals surface area contributed by atoms with Crippen LogP contribution in [0.25, 0.3) is 11.3 Å². The number of aromatic nitrogens is 4. The number of nitrogen functional groups attached to an aromatic ring is 1. The summed E-state index contributed by atoms with van der Waals surface area (Å²) in [5.41, 5.74) is 6.78. The summed E-state index contributed by atoms with van der Waals surface area (Å²) in [6, 6.07) is 2.37. The molecule has 168 valence electrons. The van der Waals surface area contributed by atoms with Gasteiger partial charge < -0.3 is 25.0 Å². The zero-order chi connectivity index (χ0) is 22.8. The lowest BCUT2D eigenvalue weighted by atomic mass is 9.88. The van der Waals surface area contributed by atoms with E-state index in [1.54, 1.807) is 18.9 Å². The maximum absolute atomic E-state index is 11.6. The van der Waals surface area contributed by atoms with Crippen LogP contribution in [0, 0.1) is 11.3 Å². The summed E-state index contributed by atoms with van der Waals surface area (Å²) in [7, 11) is 1.78. The molecule has 2 aromatic rings.